The summed E-state index contributed by atoms with van der Waals surface area (Å²) in [5.41, 5.74) is 2.19. The molecule has 29 heavy (non-hydrogen) atoms. The Hall–Kier alpha value is -2.62. The number of hydrogen-bond acceptors (Lipinski definition) is 2. The molecule has 4 nitrogen and oxygen atoms in total. The Labute approximate surface area is 174 Å². The number of benzene rings is 2. The average molecular weight is 393 g/mol. The molecule has 1 aliphatic rings. The summed E-state index contributed by atoms with van der Waals surface area (Å²) in [6.45, 7) is 3.01. The molecule has 0 spiro atoms. The average Bonchev–Trinajstić information content (AvgIpc) is 2.78. The molecule has 3 rings (SSSR count). The molecule has 0 heterocycles. The van der Waals surface area contributed by atoms with E-state index in [1.807, 2.05) is 72.5 Å². The van der Waals surface area contributed by atoms with E-state index >= 15 is 0 Å². The van der Waals surface area contributed by atoms with E-state index in [4.69, 9.17) is 0 Å². The van der Waals surface area contributed by atoms with Gasteiger partial charge in [-0.1, -0.05) is 79.9 Å². The maximum Gasteiger partial charge on any atom is 0.225 e. The maximum absolute atomic E-state index is 13.2. The van der Waals surface area contributed by atoms with Crippen LogP contribution in [-0.4, -0.2) is 23.3 Å². The monoisotopic (exact) mass is 392 g/mol. The predicted octanol–water partition coefficient (Wildman–Crippen LogP) is 4.86. The van der Waals surface area contributed by atoms with Crippen LogP contribution in [0.5, 0.6) is 0 Å². The summed E-state index contributed by atoms with van der Waals surface area (Å²) in [6, 6.07) is 20.0. The quantitative estimate of drug-likeness (QED) is 0.697. The highest BCUT2D eigenvalue weighted by Crippen LogP contribution is 2.26. The molecule has 0 saturated heterocycles. The first kappa shape index (κ1) is 21.1. The third kappa shape index (κ3) is 6.45. The van der Waals surface area contributed by atoms with E-state index in [0.29, 0.717) is 19.5 Å². The number of carbonyl (C=O) groups is 2. The molecular formula is C25H32N2O2. The number of nitrogens with zero attached hydrogens (tertiary/aromatic N) is 1. The van der Waals surface area contributed by atoms with Gasteiger partial charge in [0.2, 0.25) is 11.8 Å². The van der Waals surface area contributed by atoms with E-state index < -0.39 is 0 Å². The van der Waals surface area contributed by atoms with Crippen molar-refractivity contribution in [1.29, 1.82) is 0 Å². The van der Waals surface area contributed by atoms with Crippen LogP contribution in [0.2, 0.25) is 0 Å². The lowest BCUT2D eigenvalue weighted by Crippen LogP contribution is -2.39. The molecule has 4 heteroatoms. The summed E-state index contributed by atoms with van der Waals surface area (Å²) < 4.78 is 0. The second-order valence-electron chi connectivity index (χ2n) is 8.03. The second kappa shape index (κ2) is 10.8. The molecular weight excluding hydrogens is 360 g/mol. The Balaban J connectivity index is 1.59. The van der Waals surface area contributed by atoms with E-state index in [1.54, 1.807) is 0 Å². The van der Waals surface area contributed by atoms with Gasteiger partial charge in [-0.3, -0.25) is 9.59 Å². The number of amides is 2. The third-order valence-corrected chi connectivity index (χ3v) is 5.77. The van der Waals surface area contributed by atoms with Gasteiger partial charge in [0, 0.05) is 25.4 Å². The van der Waals surface area contributed by atoms with Crippen LogP contribution in [0.3, 0.4) is 0 Å². The smallest absolute Gasteiger partial charge is 0.225 e. The van der Waals surface area contributed by atoms with Crippen LogP contribution >= 0.6 is 0 Å². The van der Waals surface area contributed by atoms with Gasteiger partial charge in [0.25, 0.3) is 0 Å². The summed E-state index contributed by atoms with van der Waals surface area (Å²) >= 11 is 0. The summed E-state index contributed by atoms with van der Waals surface area (Å²) in [5.74, 6) is 0.298. The third-order valence-electron chi connectivity index (χ3n) is 5.77. The zero-order chi connectivity index (χ0) is 20.5. The summed E-state index contributed by atoms with van der Waals surface area (Å²) in [7, 11) is 0. The van der Waals surface area contributed by atoms with Gasteiger partial charge in [-0.2, -0.15) is 0 Å². The highest BCUT2D eigenvalue weighted by molar-refractivity contribution is 5.81. The molecule has 1 saturated carbocycles. The highest BCUT2D eigenvalue weighted by Gasteiger charge is 2.26. The summed E-state index contributed by atoms with van der Waals surface area (Å²) in [5, 5.41) is 3.06. The first-order valence-corrected chi connectivity index (χ1v) is 10.8. The molecule has 2 aromatic rings. The SMILES string of the molecule is CC(NC(=O)CCN(Cc1ccccc1)C(=O)C1CCCCC1)c1ccccc1. The van der Waals surface area contributed by atoms with Gasteiger partial charge in [-0.15, -0.1) is 0 Å². The largest absolute Gasteiger partial charge is 0.350 e. The maximum atomic E-state index is 13.2. The van der Waals surface area contributed by atoms with E-state index in [0.717, 1.165) is 36.8 Å². The zero-order valence-electron chi connectivity index (χ0n) is 17.3. The zero-order valence-corrected chi connectivity index (χ0v) is 17.3. The molecule has 2 aromatic carbocycles. The Kier molecular flexibility index (Phi) is 7.85. The lowest BCUT2D eigenvalue weighted by Gasteiger charge is -2.29. The summed E-state index contributed by atoms with van der Waals surface area (Å²) in [4.78, 5) is 27.6. The molecule has 0 aromatic heterocycles. The number of hydrogen-bond donors (Lipinski definition) is 1. The van der Waals surface area contributed by atoms with Crippen LogP contribution < -0.4 is 5.32 Å². The molecule has 1 aliphatic carbocycles. The Morgan fingerprint density at radius 1 is 0.966 bits per heavy atom. The van der Waals surface area contributed by atoms with Gasteiger partial charge in [-0.05, 0) is 30.9 Å². The standard InChI is InChI=1S/C25H32N2O2/c1-20(22-13-7-3-8-14-22)26-24(28)17-18-27(19-21-11-5-2-6-12-21)25(29)23-15-9-4-10-16-23/h2-3,5-8,11-14,20,23H,4,9-10,15-19H2,1H3,(H,26,28). The molecule has 0 radical (unpaired) electrons. The molecule has 154 valence electrons. The van der Waals surface area contributed by atoms with Crippen LogP contribution in [0.1, 0.15) is 62.6 Å². The van der Waals surface area contributed by atoms with Gasteiger partial charge < -0.3 is 10.2 Å². The van der Waals surface area contributed by atoms with Crippen molar-refractivity contribution < 1.29 is 9.59 Å². The van der Waals surface area contributed by atoms with E-state index in [1.165, 1.54) is 6.42 Å². The van der Waals surface area contributed by atoms with Crippen molar-refractivity contribution >= 4 is 11.8 Å². The van der Waals surface area contributed by atoms with Gasteiger partial charge in [0.05, 0.1) is 6.04 Å². The van der Waals surface area contributed by atoms with Crippen molar-refractivity contribution in [2.24, 2.45) is 5.92 Å². The second-order valence-corrected chi connectivity index (χ2v) is 8.03. The molecule has 0 aliphatic heterocycles. The molecule has 2 amide bonds. The van der Waals surface area contributed by atoms with E-state index in [2.05, 4.69) is 5.32 Å². The Morgan fingerprint density at radius 2 is 1.59 bits per heavy atom. The first-order valence-electron chi connectivity index (χ1n) is 10.8. The minimum absolute atomic E-state index is 0.0177. The van der Waals surface area contributed by atoms with Crippen molar-refractivity contribution in [3.8, 4) is 0 Å². The van der Waals surface area contributed by atoms with Gasteiger partial charge in [-0.25, -0.2) is 0 Å². The number of nitrogens with one attached hydrogen (secondary N) is 1. The predicted molar refractivity (Wildman–Crippen MR) is 116 cm³/mol. The fourth-order valence-corrected chi connectivity index (χ4v) is 4.05. The van der Waals surface area contributed by atoms with Crippen molar-refractivity contribution in [3.63, 3.8) is 0 Å². The van der Waals surface area contributed by atoms with Crippen molar-refractivity contribution in [2.45, 2.75) is 58.0 Å². The minimum Gasteiger partial charge on any atom is -0.350 e. The molecule has 1 unspecified atom stereocenters. The molecule has 0 bridgehead atoms. The highest BCUT2D eigenvalue weighted by atomic mass is 16.2. The fraction of sp³-hybridized carbons (Fsp3) is 0.440. The summed E-state index contributed by atoms with van der Waals surface area (Å²) in [6.07, 6.45) is 5.75. The minimum atomic E-state index is -0.0414. The van der Waals surface area contributed by atoms with Crippen LogP contribution in [-0.2, 0) is 16.1 Å². The Morgan fingerprint density at radius 3 is 2.24 bits per heavy atom. The number of carbonyl (C=O) groups excluding carboxylic acids is 2. The Bertz CT molecular complexity index is 770. The fourth-order valence-electron chi connectivity index (χ4n) is 4.05. The van der Waals surface area contributed by atoms with Crippen molar-refractivity contribution in [1.82, 2.24) is 10.2 Å². The molecule has 1 fully saturated rings. The van der Waals surface area contributed by atoms with Crippen molar-refractivity contribution in [3.05, 3.63) is 71.8 Å². The van der Waals surface area contributed by atoms with Crippen LogP contribution in [0.15, 0.2) is 60.7 Å². The van der Waals surface area contributed by atoms with E-state index in [-0.39, 0.29) is 23.8 Å². The van der Waals surface area contributed by atoms with Gasteiger partial charge in [0.1, 0.15) is 0 Å². The van der Waals surface area contributed by atoms with Crippen LogP contribution in [0, 0.1) is 5.92 Å². The molecule has 1 atom stereocenters. The first-order chi connectivity index (χ1) is 14.1. The van der Waals surface area contributed by atoms with E-state index in [9.17, 15) is 9.59 Å². The van der Waals surface area contributed by atoms with Gasteiger partial charge >= 0.3 is 0 Å². The van der Waals surface area contributed by atoms with Crippen molar-refractivity contribution in [2.75, 3.05) is 6.54 Å². The van der Waals surface area contributed by atoms with Gasteiger partial charge in [0.15, 0.2) is 0 Å². The number of rotatable bonds is 8. The van der Waals surface area contributed by atoms with Crippen LogP contribution in [0.4, 0.5) is 0 Å². The normalized spacial score (nSPS) is 15.5. The lowest BCUT2D eigenvalue weighted by atomic mass is 9.88. The lowest BCUT2D eigenvalue weighted by molar-refractivity contribution is -0.137. The molecule has 1 N–H and O–H groups in total. The topological polar surface area (TPSA) is 49.4 Å². The van der Waals surface area contributed by atoms with Crippen LogP contribution in [0.25, 0.3) is 0 Å².